The second kappa shape index (κ2) is 5.16. The van der Waals surface area contributed by atoms with Crippen molar-refractivity contribution in [1.82, 2.24) is 0 Å². The Bertz CT molecular complexity index is 697. The molecule has 0 spiro atoms. The van der Waals surface area contributed by atoms with Crippen LogP contribution in [0.2, 0.25) is 0 Å². The highest BCUT2D eigenvalue weighted by molar-refractivity contribution is 7.92. The van der Waals surface area contributed by atoms with Gasteiger partial charge in [0.15, 0.2) is 0 Å². The van der Waals surface area contributed by atoms with Crippen LogP contribution in [0.4, 0.5) is 18.9 Å². The summed E-state index contributed by atoms with van der Waals surface area (Å²) in [5.74, 6) is 0. The molecule has 7 heteroatoms. The number of nitrogens with one attached hydrogen (secondary N) is 1. The molecule has 0 atom stereocenters. The van der Waals surface area contributed by atoms with Crippen molar-refractivity contribution in [3.05, 3.63) is 60.2 Å². The van der Waals surface area contributed by atoms with Gasteiger partial charge in [-0.2, -0.15) is 13.2 Å². The molecule has 0 aromatic heterocycles. The standard InChI is InChI=1S/C13H9F3NO2S/c14-13(15,16)11-8-4-5-9-12(11)17-20(18,19)10-6-2-1-3-7-10/h1-4,6-9,17H. The van der Waals surface area contributed by atoms with Crippen LogP contribution in [0.1, 0.15) is 5.56 Å². The highest BCUT2D eigenvalue weighted by atomic mass is 32.2. The summed E-state index contributed by atoms with van der Waals surface area (Å²) in [4.78, 5) is -0.114. The van der Waals surface area contributed by atoms with Crippen molar-refractivity contribution in [2.75, 3.05) is 4.72 Å². The topological polar surface area (TPSA) is 46.2 Å². The Kier molecular flexibility index (Phi) is 3.71. The van der Waals surface area contributed by atoms with Crippen LogP contribution >= 0.6 is 0 Å². The Hall–Kier alpha value is -2.02. The van der Waals surface area contributed by atoms with E-state index in [1.165, 1.54) is 24.3 Å². The molecule has 0 heterocycles. The molecule has 3 nitrogen and oxygen atoms in total. The summed E-state index contributed by atoms with van der Waals surface area (Å²) in [6, 6.07) is 12.4. The Morgan fingerprint density at radius 3 is 2.30 bits per heavy atom. The maximum absolute atomic E-state index is 12.8. The molecular weight excluding hydrogens is 291 g/mol. The Labute approximate surface area is 114 Å². The third-order valence-electron chi connectivity index (χ3n) is 2.47. The first-order valence-corrected chi connectivity index (χ1v) is 6.94. The molecule has 0 saturated carbocycles. The highest BCUT2D eigenvalue weighted by Crippen LogP contribution is 2.35. The molecule has 2 aromatic rings. The maximum Gasteiger partial charge on any atom is 0.418 e. The summed E-state index contributed by atoms with van der Waals surface area (Å²) in [6.07, 6.45) is -4.65. The van der Waals surface area contributed by atoms with Crippen molar-refractivity contribution >= 4 is 15.7 Å². The van der Waals surface area contributed by atoms with E-state index in [-0.39, 0.29) is 4.90 Å². The fraction of sp³-hybridized carbons (Fsp3) is 0.0769. The van der Waals surface area contributed by atoms with E-state index < -0.39 is 27.5 Å². The predicted molar refractivity (Wildman–Crippen MR) is 67.5 cm³/mol. The van der Waals surface area contributed by atoms with E-state index in [2.05, 4.69) is 6.07 Å². The number of anilines is 1. The molecule has 1 N–H and O–H groups in total. The van der Waals surface area contributed by atoms with Gasteiger partial charge in [0.2, 0.25) is 0 Å². The minimum Gasteiger partial charge on any atom is -0.279 e. The minimum absolute atomic E-state index is 0.114. The van der Waals surface area contributed by atoms with Gasteiger partial charge in [0.1, 0.15) is 0 Å². The van der Waals surface area contributed by atoms with E-state index >= 15 is 0 Å². The number of hydrogen-bond acceptors (Lipinski definition) is 2. The van der Waals surface area contributed by atoms with Gasteiger partial charge >= 0.3 is 6.18 Å². The number of rotatable bonds is 3. The molecule has 0 amide bonds. The molecule has 1 radical (unpaired) electrons. The van der Waals surface area contributed by atoms with Crippen LogP contribution in [0.3, 0.4) is 0 Å². The quantitative estimate of drug-likeness (QED) is 0.945. The Morgan fingerprint density at radius 2 is 1.70 bits per heavy atom. The van der Waals surface area contributed by atoms with Crippen LogP contribution in [0.15, 0.2) is 53.4 Å². The first-order chi connectivity index (χ1) is 9.31. The number of sulfonamides is 1. The molecular formula is C13H9F3NO2S. The number of alkyl halides is 3. The Balaban J connectivity index is 2.41. The molecule has 2 aromatic carbocycles. The second-order valence-corrected chi connectivity index (χ2v) is 5.57. The van der Waals surface area contributed by atoms with Crippen molar-refractivity contribution in [3.63, 3.8) is 0 Å². The fourth-order valence-electron chi connectivity index (χ4n) is 1.57. The zero-order valence-electron chi connectivity index (χ0n) is 9.98. The molecule has 0 aliphatic heterocycles. The average Bonchev–Trinajstić information content (AvgIpc) is 2.39. The number of benzene rings is 2. The number of hydrogen-bond donors (Lipinski definition) is 1. The molecule has 0 saturated heterocycles. The summed E-state index contributed by atoms with van der Waals surface area (Å²) >= 11 is 0. The monoisotopic (exact) mass is 300 g/mol. The van der Waals surface area contributed by atoms with E-state index in [4.69, 9.17) is 0 Å². The predicted octanol–water partition coefficient (Wildman–Crippen LogP) is 3.31. The van der Waals surface area contributed by atoms with Crippen molar-refractivity contribution in [3.8, 4) is 0 Å². The lowest BCUT2D eigenvalue weighted by Gasteiger charge is -2.14. The zero-order valence-corrected chi connectivity index (χ0v) is 10.8. The van der Waals surface area contributed by atoms with E-state index in [0.29, 0.717) is 0 Å². The van der Waals surface area contributed by atoms with Gasteiger partial charge in [-0.15, -0.1) is 0 Å². The van der Waals surface area contributed by atoms with Gasteiger partial charge in [-0.25, -0.2) is 8.42 Å². The lowest BCUT2D eigenvalue weighted by molar-refractivity contribution is -0.136. The van der Waals surface area contributed by atoms with Crippen molar-refractivity contribution < 1.29 is 21.6 Å². The first kappa shape index (κ1) is 14.4. The zero-order chi connectivity index (χ0) is 14.8. The van der Waals surface area contributed by atoms with Gasteiger partial charge in [-0.1, -0.05) is 24.3 Å². The van der Waals surface area contributed by atoms with Crippen LogP contribution in [0.25, 0.3) is 0 Å². The van der Waals surface area contributed by atoms with Crippen LogP contribution < -0.4 is 4.72 Å². The third kappa shape index (κ3) is 3.11. The third-order valence-corrected chi connectivity index (χ3v) is 3.85. The maximum atomic E-state index is 12.8. The molecule has 105 valence electrons. The molecule has 0 fully saturated rings. The van der Waals surface area contributed by atoms with E-state index in [1.807, 2.05) is 4.72 Å². The van der Waals surface area contributed by atoms with Gasteiger partial charge < -0.3 is 0 Å². The second-order valence-electron chi connectivity index (χ2n) is 3.89. The molecule has 2 rings (SSSR count). The summed E-state index contributed by atoms with van der Waals surface area (Å²) in [6.45, 7) is 0. The summed E-state index contributed by atoms with van der Waals surface area (Å²) in [5, 5.41) is 0. The highest BCUT2D eigenvalue weighted by Gasteiger charge is 2.34. The number of halogens is 3. The normalized spacial score (nSPS) is 12.2. The van der Waals surface area contributed by atoms with Crippen molar-refractivity contribution in [2.24, 2.45) is 0 Å². The van der Waals surface area contributed by atoms with E-state index in [9.17, 15) is 21.6 Å². The van der Waals surface area contributed by atoms with Crippen molar-refractivity contribution in [2.45, 2.75) is 11.1 Å². The molecule has 0 aliphatic rings. The summed E-state index contributed by atoms with van der Waals surface area (Å²) in [7, 11) is -4.07. The lowest BCUT2D eigenvalue weighted by Crippen LogP contribution is -2.17. The van der Waals surface area contributed by atoms with Crippen LogP contribution in [0, 0.1) is 6.07 Å². The summed E-state index contributed by atoms with van der Waals surface area (Å²) in [5.41, 5.74) is -1.61. The van der Waals surface area contributed by atoms with Gasteiger partial charge in [0, 0.05) is 0 Å². The first-order valence-electron chi connectivity index (χ1n) is 5.46. The fourth-order valence-corrected chi connectivity index (χ4v) is 2.66. The molecule has 0 bridgehead atoms. The lowest BCUT2D eigenvalue weighted by atomic mass is 10.2. The molecule has 0 unspecified atom stereocenters. The largest absolute Gasteiger partial charge is 0.418 e. The summed E-state index contributed by atoms with van der Waals surface area (Å²) < 4.78 is 64.2. The minimum atomic E-state index is -4.65. The smallest absolute Gasteiger partial charge is 0.279 e. The van der Waals surface area contributed by atoms with E-state index in [1.54, 1.807) is 6.07 Å². The van der Waals surface area contributed by atoms with E-state index in [0.717, 1.165) is 18.2 Å². The molecule has 20 heavy (non-hydrogen) atoms. The molecule has 0 aliphatic carbocycles. The van der Waals surface area contributed by atoms with Gasteiger partial charge in [0.05, 0.1) is 16.1 Å². The van der Waals surface area contributed by atoms with Crippen molar-refractivity contribution in [1.29, 1.82) is 0 Å². The van der Waals surface area contributed by atoms with Gasteiger partial charge in [0.25, 0.3) is 10.0 Å². The van der Waals surface area contributed by atoms with Gasteiger partial charge in [-0.3, -0.25) is 4.72 Å². The SMILES string of the molecule is O=S(=O)(Nc1c[c]ccc1C(F)(F)F)c1ccccc1. The Morgan fingerprint density at radius 1 is 1.05 bits per heavy atom. The van der Waals surface area contributed by atoms with Crippen LogP contribution in [-0.4, -0.2) is 8.42 Å². The van der Waals surface area contributed by atoms with Crippen LogP contribution in [0.5, 0.6) is 0 Å². The van der Waals surface area contributed by atoms with Crippen LogP contribution in [-0.2, 0) is 16.2 Å². The van der Waals surface area contributed by atoms with Gasteiger partial charge in [-0.05, 0) is 30.3 Å². The average molecular weight is 300 g/mol.